The smallest absolute Gasteiger partial charge is 0.105 e. The van der Waals surface area contributed by atoms with Crippen molar-refractivity contribution in [2.75, 3.05) is 0 Å². The zero-order valence-corrected chi connectivity index (χ0v) is 13.2. The van der Waals surface area contributed by atoms with Gasteiger partial charge in [-0.15, -0.1) is 23.2 Å². The van der Waals surface area contributed by atoms with Crippen molar-refractivity contribution in [3.05, 3.63) is 59.7 Å². The number of benzene rings is 3. The molecule has 3 aromatic carbocycles. The van der Waals surface area contributed by atoms with E-state index in [1.54, 1.807) is 0 Å². The van der Waals surface area contributed by atoms with E-state index in [1.807, 2.05) is 0 Å². The van der Waals surface area contributed by atoms with E-state index < -0.39 is 0 Å². The van der Waals surface area contributed by atoms with E-state index in [-0.39, 0.29) is 4.84 Å². The Balaban J connectivity index is 1.93. The highest BCUT2D eigenvalue weighted by atomic mass is 35.5. The lowest BCUT2D eigenvalue weighted by Gasteiger charge is -2.26. The highest BCUT2D eigenvalue weighted by molar-refractivity contribution is 6.44. The first-order valence-electron chi connectivity index (χ1n) is 7.44. The summed E-state index contributed by atoms with van der Waals surface area (Å²) in [5.74, 6) is 0.388. The third-order valence-electron chi connectivity index (χ3n) is 4.74. The van der Waals surface area contributed by atoms with Crippen molar-refractivity contribution in [2.24, 2.45) is 5.92 Å². The van der Waals surface area contributed by atoms with Gasteiger partial charge in [0.05, 0.1) is 0 Å². The second kappa shape index (κ2) is 5.19. The summed E-state index contributed by atoms with van der Waals surface area (Å²) in [7, 11) is 0. The first kappa shape index (κ1) is 13.4. The van der Waals surface area contributed by atoms with Crippen LogP contribution in [0.4, 0.5) is 0 Å². The summed E-state index contributed by atoms with van der Waals surface area (Å²) >= 11 is 12.2. The molecule has 0 amide bonds. The summed E-state index contributed by atoms with van der Waals surface area (Å²) in [6, 6.07) is 17.6. The molecule has 1 aliphatic carbocycles. The van der Waals surface area contributed by atoms with E-state index in [4.69, 9.17) is 23.2 Å². The summed E-state index contributed by atoms with van der Waals surface area (Å²) in [6.45, 7) is 0. The largest absolute Gasteiger partial charge is 0.111 e. The average molecular weight is 315 g/mol. The second-order valence-corrected chi connectivity index (χ2v) is 7.09. The Hall–Kier alpha value is -1.24. The molecule has 0 nitrogen and oxygen atoms in total. The van der Waals surface area contributed by atoms with Gasteiger partial charge >= 0.3 is 0 Å². The van der Waals surface area contributed by atoms with Crippen molar-refractivity contribution < 1.29 is 0 Å². The van der Waals surface area contributed by atoms with Gasteiger partial charge in [-0.2, -0.15) is 0 Å². The Kier molecular flexibility index (Phi) is 3.32. The maximum Gasteiger partial charge on any atom is 0.111 e. The van der Waals surface area contributed by atoms with E-state index in [2.05, 4.69) is 48.5 Å². The molecule has 21 heavy (non-hydrogen) atoms. The molecular weight excluding hydrogens is 299 g/mol. The van der Waals surface area contributed by atoms with Crippen molar-refractivity contribution in [3.63, 3.8) is 0 Å². The van der Waals surface area contributed by atoms with Crippen LogP contribution < -0.4 is 0 Å². The summed E-state index contributed by atoms with van der Waals surface area (Å²) in [5, 5.41) is 5.40. The fourth-order valence-corrected chi connectivity index (χ4v) is 4.04. The predicted molar refractivity (Wildman–Crippen MR) is 92.5 cm³/mol. The van der Waals surface area contributed by atoms with E-state index in [0.717, 1.165) is 19.3 Å². The van der Waals surface area contributed by atoms with E-state index in [9.17, 15) is 0 Å². The molecule has 0 saturated carbocycles. The number of rotatable bonds is 1. The van der Waals surface area contributed by atoms with Crippen molar-refractivity contribution in [1.82, 2.24) is 0 Å². The predicted octanol–water partition coefficient (Wildman–Crippen LogP) is 5.90. The third-order valence-corrected chi connectivity index (χ3v) is 5.45. The minimum absolute atomic E-state index is 0.259. The average Bonchev–Trinajstić information content (AvgIpc) is 2.53. The number of hydrogen-bond donors (Lipinski definition) is 0. The molecule has 0 N–H and O–H groups in total. The lowest BCUT2D eigenvalue weighted by molar-refractivity contribution is 0.489. The van der Waals surface area contributed by atoms with Gasteiger partial charge in [-0.05, 0) is 57.9 Å². The molecule has 0 saturated heterocycles. The molecule has 0 spiro atoms. The Morgan fingerprint density at radius 1 is 0.857 bits per heavy atom. The Bertz CT molecular complexity index is 820. The van der Waals surface area contributed by atoms with Crippen LogP contribution in [0.5, 0.6) is 0 Å². The number of halogens is 2. The molecule has 0 aliphatic heterocycles. The molecule has 0 radical (unpaired) electrons. The Labute approximate surface area is 134 Å². The van der Waals surface area contributed by atoms with Crippen LogP contribution in [0.25, 0.3) is 21.5 Å². The molecule has 0 aromatic heterocycles. The zero-order valence-electron chi connectivity index (χ0n) is 11.7. The van der Waals surface area contributed by atoms with Gasteiger partial charge in [0.1, 0.15) is 4.84 Å². The van der Waals surface area contributed by atoms with Crippen LogP contribution in [0.3, 0.4) is 0 Å². The minimum Gasteiger partial charge on any atom is -0.105 e. The minimum atomic E-state index is -0.259. The van der Waals surface area contributed by atoms with Gasteiger partial charge in [0, 0.05) is 0 Å². The van der Waals surface area contributed by atoms with Crippen LogP contribution in [0.2, 0.25) is 0 Å². The topological polar surface area (TPSA) is 0 Å². The van der Waals surface area contributed by atoms with E-state index >= 15 is 0 Å². The van der Waals surface area contributed by atoms with Gasteiger partial charge in [0.15, 0.2) is 0 Å². The molecule has 1 unspecified atom stereocenters. The third kappa shape index (κ3) is 2.22. The van der Waals surface area contributed by atoms with Crippen molar-refractivity contribution in [2.45, 2.75) is 24.1 Å². The first-order valence-corrected chi connectivity index (χ1v) is 8.31. The molecular formula is C19H16Cl2. The monoisotopic (exact) mass is 314 g/mol. The standard InChI is InChI=1S/C19H16Cl2/c20-19(21)14-7-8-16-13(11-14)6-10-17-15-4-2-1-3-12(15)5-9-18(16)17/h1-6,9-10,14,19H,7-8,11H2. The van der Waals surface area contributed by atoms with Gasteiger partial charge in [-0.1, -0.05) is 48.5 Å². The highest BCUT2D eigenvalue weighted by Crippen LogP contribution is 2.37. The number of fused-ring (bicyclic) bond motifs is 5. The van der Waals surface area contributed by atoms with Crippen LogP contribution in [0.1, 0.15) is 17.5 Å². The van der Waals surface area contributed by atoms with Crippen LogP contribution in [-0.2, 0) is 12.8 Å². The van der Waals surface area contributed by atoms with Crippen molar-refractivity contribution in [1.29, 1.82) is 0 Å². The van der Waals surface area contributed by atoms with Gasteiger partial charge in [-0.3, -0.25) is 0 Å². The molecule has 1 aliphatic rings. The quantitative estimate of drug-likeness (QED) is 0.387. The van der Waals surface area contributed by atoms with Gasteiger partial charge in [0.25, 0.3) is 0 Å². The van der Waals surface area contributed by atoms with Crippen molar-refractivity contribution in [3.8, 4) is 0 Å². The van der Waals surface area contributed by atoms with Crippen LogP contribution in [0, 0.1) is 5.92 Å². The second-order valence-electron chi connectivity index (χ2n) is 5.92. The Morgan fingerprint density at radius 2 is 1.67 bits per heavy atom. The first-order chi connectivity index (χ1) is 10.2. The number of alkyl halides is 2. The summed E-state index contributed by atoms with van der Waals surface area (Å²) < 4.78 is 0. The molecule has 3 aromatic rings. The van der Waals surface area contributed by atoms with Crippen molar-refractivity contribution >= 4 is 44.7 Å². The van der Waals surface area contributed by atoms with Gasteiger partial charge < -0.3 is 0 Å². The Morgan fingerprint density at radius 3 is 2.52 bits per heavy atom. The SMILES string of the molecule is ClC(Cl)C1CCc2c(ccc3c2ccc2ccccc23)C1. The van der Waals surface area contributed by atoms with Crippen LogP contribution >= 0.6 is 23.2 Å². The van der Waals surface area contributed by atoms with E-state index in [0.29, 0.717) is 5.92 Å². The van der Waals surface area contributed by atoms with Gasteiger partial charge in [-0.25, -0.2) is 0 Å². The lowest BCUT2D eigenvalue weighted by Crippen LogP contribution is -2.19. The molecule has 0 fully saturated rings. The lowest BCUT2D eigenvalue weighted by atomic mass is 9.81. The summed E-state index contributed by atoms with van der Waals surface area (Å²) in [5.41, 5.74) is 2.91. The van der Waals surface area contributed by atoms with Gasteiger partial charge in [0.2, 0.25) is 0 Å². The van der Waals surface area contributed by atoms with E-state index in [1.165, 1.54) is 32.7 Å². The molecule has 1 atom stereocenters. The van der Waals surface area contributed by atoms with Crippen LogP contribution in [0.15, 0.2) is 48.5 Å². The normalized spacial score (nSPS) is 18.3. The molecule has 106 valence electrons. The van der Waals surface area contributed by atoms with Crippen LogP contribution in [-0.4, -0.2) is 4.84 Å². The summed E-state index contributed by atoms with van der Waals surface area (Å²) in [4.78, 5) is -0.259. The maximum absolute atomic E-state index is 6.08. The number of aryl methyl sites for hydroxylation is 1. The molecule has 2 heteroatoms. The zero-order chi connectivity index (χ0) is 14.4. The highest BCUT2D eigenvalue weighted by Gasteiger charge is 2.24. The molecule has 0 bridgehead atoms. The fourth-order valence-electron chi connectivity index (χ4n) is 3.61. The fraction of sp³-hybridized carbons (Fsp3) is 0.263. The molecule has 4 rings (SSSR count). The number of hydrogen-bond acceptors (Lipinski definition) is 0. The molecule has 0 heterocycles. The maximum atomic E-state index is 6.08. The summed E-state index contributed by atoms with van der Waals surface area (Å²) in [6.07, 6.45) is 3.15.